The van der Waals surface area contributed by atoms with E-state index >= 15 is 0 Å². The molecule has 0 radical (unpaired) electrons. The predicted molar refractivity (Wildman–Crippen MR) is 346 cm³/mol. The van der Waals surface area contributed by atoms with Gasteiger partial charge >= 0.3 is 23.9 Å². The lowest BCUT2D eigenvalue weighted by molar-refractivity contribution is -0.218. The van der Waals surface area contributed by atoms with Crippen LogP contribution >= 0.6 is 0 Å². The number of aryl methyl sites for hydroxylation is 3. The Kier molecular flexibility index (Phi) is 24.8. The van der Waals surface area contributed by atoms with Crippen molar-refractivity contribution in [3.63, 3.8) is 0 Å². The molecule has 6 aromatic rings. The smallest absolute Gasteiger partial charge is 0.336 e. The number of amides is 2. The van der Waals surface area contributed by atoms with Crippen molar-refractivity contribution < 1.29 is 62.1 Å². The summed E-state index contributed by atoms with van der Waals surface area (Å²) in [6, 6.07) is 44.1. The molecule has 0 aromatic heterocycles. The Labute approximate surface area is 523 Å². The molecular weight excluding hydrogens is 1120 g/mol. The third kappa shape index (κ3) is 19.7. The van der Waals surface area contributed by atoms with E-state index in [1.54, 1.807) is 77.9 Å². The summed E-state index contributed by atoms with van der Waals surface area (Å²) in [5.41, 5.74) is -0.958. The maximum absolute atomic E-state index is 13.3. The number of carbonyl (C=O) groups excluding carboxylic acids is 9. The van der Waals surface area contributed by atoms with Gasteiger partial charge in [-0.1, -0.05) is 166 Å². The quantitative estimate of drug-likeness (QED) is 0.0144. The van der Waals surface area contributed by atoms with E-state index in [-0.39, 0.29) is 53.8 Å². The molecule has 3 atom stereocenters. The monoisotopic (exact) mass is 1210 g/mol. The topological polar surface area (TPSA) is 215 Å². The van der Waals surface area contributed by atoms with E-state index in [0.29, 0.717) is 43.2 Å². The Balaban J connectivity index is 0.000000243. The molecule has 1 fully saturated rings. The number of ether oxygens (including phenoxy) is 4. The number of benzene rings is 6. The average molecular weight is 1210 g/mol. The number of nitrogens with one attached hydrogen (secondary N) is 2. The Morgan fingerprint density at radius 3 is 1.57 bits per heavy atom. The number of hydrogen-bond donors (Lipinski definition) is 2. The number of esters is 4. The minimum Gasteiger partial charge on any atom is -0.462 e. The summed E-state index contributed by atoms with van der Waals surface area (Å²) in [4.78, 5) is 113. The second-order valence-corrected chi connectivity index (χ2v) is 24.3. The Morgan fingerprint density at radius 1 is 0.528 bits per heavy atom. The maximum Gasteiger partial charge on any atom is 0.336 e. The SMILES string of the molecule is C=C(C)C(=O)OC(C)(C)OC(=O)C(C)(CC)C(=O)c1ccc2ccccc2c1.C=CC(=O)NC(C)(C)OC(=O)C(C)(CCc1ccc(C)cc1)C(=O)c1ccccc1.C=CC(=O)NC1CCC(OC(=O)C(C)(CCc2ccc3ccccc3c2)C(C)=O)CC1. The summed E-state index contributed by atoms with van der Waals surface area (Å²) in [5.74, 6) is -5.54. The van der Waals surface area contributed by atoms with Gasteiger partial charge in [0.2, 0.25) is 11.8 Å². The highest BCUT2D eigenvalue weighted by Crippen LogP contribution is 2.35. The van der Waals surface area contributed by atoms with Crippen molar-refractivity contribution >= 4 is 74.6 Å². The second-order valence-electron chi connectivity index (χ2n) is 24.3. The highest BCUT2D eigenvalue weighted by molar-refractivity contribution is 6.14. The van der Waals surface area contributed by atoms with Gasteiger partial charge in [-0.3, -0.25) is 38.4 Å². The van der Waals surface area contributed by atoms with Crippen LogP contribution in [0, 0.1) is 23.2 Å². The molecule has 15 heteroatoms. The van der Waals surface area contributed by atoms with Gasteiger partial charge in [-0.25, -0.2) is 4.79 Å². The fraction of sp³-hybridized carbons (Fsp3) is 0.365. The first-order valence-corrected chi connectivity index (χ1v) is 30.0. The summed E-state index contributed by atoms with van der Waals surface area (Å²) in [7, 11) is 0. The van der Waals surface area contributed by atoms with Gasteiger partial charge in [0, 0.05) is 36.6 Å². The van der Waals surface area contributed by atoms with Crippen molar-refractivity contribution in [2.45, 2.75) is 158 Å². The largest absolute Gasteiger partial charge is 0.462 e. The molecule has 89 heavy (non-hydrogen) atoms. The van der Waals surface area contributed by atoms with E-state index < -0.39 is 57.5 Å². The molecule has 0 spiro atoms. The van der Waals surface area contributed by atoms with Gasteiger partial charge in [-0.15, -0.1) is 0 Å². The summed E-state index contributed by atoms with van der Waals surface area (Å²) in [6.07, 6.45) is 7.04. The molecule has 0 heterocycles. The molecule has 2 amide bonds. The lowest BCUT2D eigenvalue weighted by Gasteiger charge is -2.32. The second kappa shape index (κ2) is 31.2. The highest BCUT2D eigenvalue weighted by atomic mass is 16.7. The van der Waals surface area contributed by atoms with Crippen LogP contribution in [0.25, 0.3) is 21.5 Å². The summed E-state index contributed by atoms with van der Waals surface area (Å²) in [5, 5.41) is 9.68. The first-order valence-electron chi connectivity index (χ1n) is 30.0. The number of Topliss-reactive ketones (excluding diaryl/α,β-unsaturated/α-hetero) is 3. The molecular formula is C74H86N2O13. The van der Waals surface area contributed by atoms with E-state index in [1.807, 2.05) is 85.8 Å². The zero-order valence-corrected chi connectivity index (χ0v) is 53.4. The van der Waals surface area contributed by atoms with E-state index in [0.717, 1.165) is 51.8 Å². The van der Waals surface area contributed by atoms with Gasteiger partial charge in [0.15, 0.2) is 17.3 Å². The van der Waals surface area contributed by atoms with E-state index in [9.17, 15) is 43.2 Å². The minimum atomic E-state index is -1.52. The van der Waals surface area contributed by atoms with Crippen molar-refractivity contribution in [1.82, 2.24) is 10.6 Å². The van der Waals surface area contributed by atoms with Gasteiger partial charge in [-0.05, 0) is 164 Å². The van der Waals surface area contributed by atoms with Gasteiger partial charge in [0.05, 0.1) is 0 Å². The zero-order valence-electron chi connectivity index (χ0n) is 53.4. The zero-order chi connectivity index (χ0) is 65.9. The summed E-state index contributed by atoms with van der Waals surface area (Å²) >= 11 is 0. The third-order valence-corrected chi connectivity index (χ3v) is 16.1. The van der Waals surface area contributed by atoms with Crippen LogP contribution in [0.15, 0.2) is 177 Å². The van der Waals surface area contributed by atoms with Crippen molar-refractivity contribution in [1.29, 1.82) is 0 Å². The highest BCUT2D eigenvalue weighted by Gasteiger charge is 2.47. The number of hydrogen-bond acceptors (Lipinski definition) is 13. The van der Waals surface area contributed by atoms with Crippen molar-refractivity contribution in [2.75, 3.05) is 0 Å². The number of fused-ring (bicyclic) bond motifs is 2. The molecule has 15 nitrogen and oxygen atoms in total. The molecule has 1 aliphatic rings. The first-order chi connectivity index (χ1) is 41.9. The molecule has 0 bridgehead atoms. The van der Waals surface area contributed by atoms with Crippen LogP contribution in [-0.4, -0.2) is 76.7 Å². The molecule has 7 rings (SSSR count). The lowest BCUT2D eigenvalue weighted by atomic mass is 9.77. The minimum absolute atomic E-state index is 0.0764. The van der Waals surface area contributed by atoms with Crippen LogP contribution < -0.4 is 10.6 Å². The molecule has 0 saturated heterocycles. The Morgan fingerprint density at radius 2 is 1.02 bits per heavy atom. The molecule has 1 saturated carbocycles. The third-order valence-electron chi connectivity index (χ3n) is 16.1. The summed E-state index contributed by atoms with van der Waals surface area (Å²) < 4.78 is 21.9. The van der Waals surface area contributed by atoms with Crippen LogP contribution in [0.5, 0.6) is 0 Å². The van der Waals surface area contributed by atoms with E-state index in [2.05, 4.69) is 54.6 Å². The van der Waals surface area contributed by atoms with Gasteiger partial charge in [0.1, 0.15) is 28.1 Å². The normalized spacial score (nSPS) is 15.8. The first kappa shape index (κ1) is 70.7. The maximum atomic E-state index is 13.3. The Hall–Kier alpha value is -9.11. The van der Waals surface area contributed by atoms with Crippen LogP contribution in [0.3, 0.4) is 0 Å². The summed E-state index contributed by atoms with van der Waals surface area (Å²) in [6.45, 7) is 27.9. The van der Waals surface area contributed by atoms with Crippen LogP contribution in [-0.2, 0) is 65.4 Å². The van der Waals surface area contributed by atoms with Crippen molar-refractivity contribution in [3.05, 3.63) is 205 Å². The molecule has 6 aromatic carbocycles. The molecule has 3 unspecified atom stereocenters. The molecule has 470 valence electrons. The van der Waals surface area contributed by atoms with E-state index in [4.69, 9.17) is 18.9 Å². The van der Waals surface area contributed by atoms with Crippen molar-refractivity contribution in [2.24, 2.45) is 16.2 Å². The predicted octanol–water partition coefficient (Wildman–Crippen LogP) is 13.8. The Bertz CT molecular complexity index is 3580. The van der Waals surface area contributed by atoms with Gasteiger partial charge in [0.25, 0.3) is 5.79 Å². The number of rotatable bonds is 24. The van der Waals surface area contributed by atoms with Crippen LogP contribution in [0.4, 0.5) is 0 Å². The van der Waals surface area contributed by atoms with Gasteiger partial charge in [-0.2, -0.15) is 0 Å². The standard InChI is InChI=1S/C26H31NO4.C25H29NO4.C23H26O5/c1-4-24(29)27-22-11-13-23(14-12-22)31-25(30)26(3,18(2)28)16-15-19-9-10-20-7-5-6-8-21(20)17-19;1-6-21(27)26-24(3,4)30-23(29)25(5,22(28)20-10-8-7-9-11-20)17-16-19-14-12-18(2)13-15-19;1-7-23(6,21(26)28-22(4,5)27-20(25)15(2)3)19(24)18-13-12-16-10-8-9-11-17(16)14-18/h4-10,17,22-23H,1,11-16H2,2-3H3,(H,27,29);6-15H,1,16-17H2,2-5H3,(H,26,27);8-14H,2,7H2,1,3-6H3. The average Bonchev–Trinajstić information content (AvgIpc) is 1.14. The molecule has 2 N–H and O–H groups in total. The fourth-order valence-electron chi connectivity index (χ4n) is 9.87. The number of ketones is 3. The number of carbonyl (C=O) groups is 9. The van der Waals surface area contributed by atoms with E-state index in [1.165, 1.54) is 39.2 Å². The van der Waals surface area contributed by atoms with Gasteiger partial charge < -0.3 is 29.6 Å². The molecule has 0 aliphatic heterocycles. The van der Waals surface area contributed by atoms with Crippen LogP contribution in [0.2, 0.25) is 0 Å². The van der Waals surface area contributed by atoms with Crippen molar-refractivity contribution in [3.8, 4) is 0 Å². The fourth-order valence-corrected chi connectivity index (χ4v) is 9.87. The van der Waals surface area contributed by atoms with Crippen LogP contribution in [0.1, 0.15) is 152 Å². The molecule has 1 aliphatic carbocycles. The lowest BCUT2D eigenvalue weighted by Crippen LogP contribution is -2.50.